The molecule has 0 fully saturated rings. The van der Waals surface area contributed by atoms with E-state index in [1.165, 1.54) is 12.1 Å². The Labute approximate surface area is 142 Å². The average Bonchev–Trinajstić information content (AvgIpc) is 2.45. The van der Waals surface area contributed by atoms with Gasteiger partial charge in [-0.15, -0.1) is 12.4 Å². The molecule has 1 unspecified atom stereocenters. The topological polar surface area (TPSA) is 55.6 Å². The van der Waals surface area contributed by atoms with Crippen LogP contribution >= 0.6 is 24.0 Å². The SMILES string of the molecule is CCCC(N)C(=O)N(CCOC)Cc1ccc(F)cc1Cl.Cl. The molecule has 1 rings (SSSR count). The van der Waals surface area contributed by atoms with Crippen molar-refractivity contribution in [1.29, 1.82) is 0 Å². The van der Waals surface area contributed by atoms with Crippen molar-refractivity contribution in [2.45, 2.75) is 32.4 Å². The Morgan fingerprint density at radius 3 is 2.73 bits per heavy atom. The summed E-state index contributed by atoms with van der Waals surface area (Å²) in [6.45, 7) is 3.09. The molecule has 126 valence electrons. The van der Waals surface area contributed by atoms with Crippen LogP contribution in [0.2, 0.25) is 5.02 Å². The summed E-state index contributed by atoms with van der Waals surface area (Å²) in [6, 6.07) is 3.61. The van der Waals surface area contributed by atoms with Gasteiger partial charge in [0.25, 0.3) is 0 Å². The molecule has 1 atom stereocenters. The van der Waals surface area contributed by atoms with Gasteiger partial charge in [0.05, 0.1) is 12.6 Å². The zero-order chi connectivity index (χ0) is 15.8. The highest BCUT2D eigenvalue weighted by Gasteiger charge is 2.21. The van der Waals surface area contributed by atoms with Crippen LogP contribution in [0.3, 0.4) is 0 Å². The Balaban J connectivity index is 0.00000441. The summed E-state index contributed by atoms with van der Waals surface area (Å²) in [6.07, 6.45) is 1.46. The fraction of sp³-hybridized carbons (Fsp3) is 0.533. The molecule has 4 nitrogen and oxygen atoms in total. The number of benzene rings is 1. The number of carbonyl (C=O) groups excluding carboxylic acids is 1. The number of ether oxygens (including phenoxy) is 1. The second-order valence-corrected chi connectivity index (χ2v) is 5.29. The third-order valence-corrected chi connectivity index (χ3v) is 3.52. The van der Waals surface area contributed by atoms with Crippen LogP contribution in [0.25, 0.3) is 0 Å². The molecule has 0 radical (unpaired) electrons. The molecule has 22 heavy (non-hydrogen) atoms. The molecule has 1 aromatic carbocycles. The second-order valence-electron chi connectivity index (χ2n) is 4.88. The van der Waals surface area contributed by atoms with Crippen LogP contribution in [-0.4, -0.2) is 37.1 Å². The molecule has 1 amide bonds. The molecule has 1 aromatic rings. The highest BCUT2D eigenvalue weighted by Crippen LogP contribution is 2.19. The van der Waals surface area contributed by atoms with E-state index in [1.54, 1.807) is 18.1 Å². The number of methoxy groups -OCH3 is 1. The molecular formula is C15H23Cl2FN2O2. The highest BCUT2D eigenvalue weighted by molar-refractivity contribution is 6.31. The Kier molecular flexibility index (Phi) is 10.3. The van der Waals surface area contributed by atoms with Crippen molar-refractivity contribution in [2.75, 3.05) is 20.3 Å². The number of hydrogen-bond donors (Lipinski definition) is 1. The van der Waals surface area contributed by atoms with Gasteiger partial charge in [-0.05, 0) is 24.1 Å². The van der Waals surface area contributed by atoms with Gasteiger partial charge in [0.1, 0.15) is 5.82 Å². The smallest absolute Gasteiger partial charge is 0.239 e. The summed E-state index contributed by atoms with van der Waals surface area (Å²) >= 11 is 6.01. The summed E-state index contributed by atoms with van der Waals surface area (Å²) in [5.74, 6) is -0.546. The van der Waals surface area contributed by atoms with Gasteiger partial charge in [0, 0.05) is 25.2 Å². The van der Waals surface area contributed by atoms with Gasteiger partial charge in [0.2, 0.25) is 5.91 Å². The van der Waals surface area contributed by atoms with Crippen molar-refractivity contribution in [1.82, 2.24) is 4.90 Å². The first kappa shape index (κ1) is 21.1. The normalized spacial score (nSPS) is 11.7. The minimum Gasteiger partial charge on any atom is -0.383 e. The average molecular weight is 353 g/mol. The van der Waals surface area contributed by atoms with Gasteiger partial charge < -0.3 is 15.4 Å². The van der Waals surface area contributed by atoms with Crippen molar-refractivity contribution < 1.29 is 13.9 Å². The number of amides is 1. The molecule has 0 saturated carbocycles. The minimum absolute atomic E-state index is 0. The van der Waals surface area contributed by atoms with E-state index in [2.05, 4.69) is 0 Å². The van der Waals surface area contributed by atoms with Crippen LogP contribution in [0.4, 0.5) is 4.39 Å². The van der Waals surface area contributed by atoms with Gasteiger partial charge in [-0.1, -0.05) is 31.0 Å². The lowest BCUT2D eigenvalue weighted by atomic mass is 10.1. The van der Waals surface area contributed by atoms with Crippen LogP contribution in [0.1, 0.15) is 25.3 Å². The zero-order valence-electron chi connectivity index (χ0n) is 12.9. The van der Waals surface area contributed by atoms with Crippen molar-refractivity contribution in [3.63, 3.8) is 0 Å². The maximum absolute atomic E-state index is 13.1. The molecule has 0 spiro atoms. The number of halogens is 3. The summed E-state index contributed by atoms with van der Waals surface area (Å²) < 4.78 is 18.1. The van der Waals surface area contributed by atoms with E-state index in [1.807, 2.05) is 6.92 Å². The van der Waals surface area contributed by atoms with Gasteiger partial charge in [-0.25, -0.2) is 4.39 Å². The quantitative estimate of drug-likeness (QED) is 0.782. The summed E-state index contributed by atoms with van der Waals surface area (Å²) in [4.78, 5) is 13.9. The van der Waals surface area contributed by atoms with Gasteiger partial charge >= 0.3 is 0 Å². The lowest BCUT2D eigenvalue weighted by molar-refractivity contribution is -0.134. The standard InChI is InChI=1S/C15H22ClFN2O2.ClH/c1-3-4-14(18)15(20)19(7-8-21-2)10-11-5-6-12(17)9-13(11)16;/h5-6,9,14H,3-4,7-8,10,18H2,1-2H3;1H. The molecule has 7 heteroatoms. The molecule has 0 heterocycles. The van der Waals surface area contributed by atoms with E-state index in [-0.39, 0.29) is 18.3 Å². The van der Waals surface area contributed by atoms with Crippen LogP contribution in [0.5, 0.6) is 0 Å². The fourth-order valence-electron chi connectivity index (χ4n) is 1.99. The fourth-order valence-corrected chi connectivity index (χ4v) is 2.22. The Morgan fingerprint density at radius 1 is 1.50 bits per heavy atom. The third-order valence-electron chi connectivity index (χ3n) is 3.17. The number of nitrogens with zero attached hydrogens (tertiary/aromatic N) is 1. The molecule has 0 aliphatic heterocycles. The van der Waals surface area contributed by atoms with Gasteiger partial charge in [-0.3, -0.25) is 4.79 Å². The van der Waals surface area contributed by atoms with E-state index in [4.69, 9.17) is 22.1 Å². The lowest BCUT2D eigenvalue weighted by Crippen LogP contribution is -2.44. The van der Waals surface area contributed by atoms with Gasteiger partial charge in [0.15, 0.2) is 0 Å². The Bertz CT molecular complexity index is 475. The Hall–Kier alpha value is -0.880. The Morgan fingerprint density at radius 2 is 2.18 bits per heavy atom. The van der Waals surface area contributed by atoms with Crippen molar-refractivity contribution >= 4 is 29.9 Å². The number of rotatable bonds is 8. The highest BCUT2D eigenvalue weighted by atomic mass is 35.5. The third kappa shape index (κ3) is 6.48. The minimum atomic E-state index is -0.536. The summed E-state index contributed by atoms with van der Waals surface area (Å²) in [7, 11) is 1.57. The predicted molar refractivity (Wildman–Crippen MR) is 88.8 cm³/mol. The maximum atomic E-state index is 13.1. The lowest BCUT2D eigenvalue weighted by Gasteiger charge is -2.26. The van der Waals surface area contributed by atoms with E-state index >= 15 is 0 Å². The molecule has 0 bridgehead atoms. The van der Waals surface area contributed by atoms with E-state index in [0.29, 0.717) is 36.7 Å². The first-order chi connectivity index (χ1) is 9.99. The molecule has 0 aliphatic rings. The van der Waals surface area contributed by atoms with E-state index < -0.39 is 11.9 Å². The van der Waals surface area contributed by atoms with Crippen molar-refractivity contribution in [2.24, 2.45) is 5.73 Å². The first-order valence-corrected chi connectivity index (χ1v) is 7.34. The van der Waals surface area contributed by atoms with E-state index in [9.17, 15) is 9.18 Å². The maximum Gasteiger partial charge on any atom is 0.239 e. The second kappa shape index (κ2) is 10.8. The predicted octanol–water partition coefficient (Wildman–Crippen LogP) is 3.00. The van der Waals surface area contributed by atoms with Crippen molar-refractivity contribution in [3.8, 4) is 0 Å². The molecule has 0 aromatic heterocycles. The monoisotopic (exact) mass is 352 g/mol. The molecule has 0 aliphatic carbocycles. The summed E-state index contributed by atoms with van der Waals surface area (Å²) in [5, 5.41) is 0.300. The summed E-state index contributed by atoms with van der Waals surface area (Å²) in [5.41, 5.74) is 6.58. The van der Waals surface area contributed by atoms with E-state index in [0.717, 1.165) is 6.42 Å². The molecular weight excluding hydrogens is 330 g/mol. The number of hydrogen-bond acceptors (Lipinski definition) is 3. The van der Waals surface area contributed by atoms with Crippen LogP contribution < -0.4 is 5.73 Å². The van der Waals surface area contributed by atoms with Crippen LogP contribution in [0.15, 0.2) is 18.2 Å². The van der Waals surface area contributed by atoms with Crippen LogP contribution in [-0.2, 0) is 16.1 Å². The number of nitrogens with two attached hydrogens (primary N) is 1. The van der Waals surface area contributed by atoms with Crippen molar-refractivity contribution in [3.05, 3.63) is 34.6 Å². The van der Waals surface area contributed by atoms with Crippen LogP contribution in [0, 0.1) is 5.82 Å². The zero-order valence-corrected chi connectivity index (χ0v) is 14.4. The molecule has 0 saturated heterocycles. The largest absolute Gasteiger partial charge is 0.383 e. The van der Waals surface area contributed by atoms with Gasteiger partial charge in [-0.2, -0.15) is 0 Å². The first-order valence-electron chi connectivity index (χ1n) is 6.96. The number of carbonyl (C=O) groups is 1. The molecule has 2 N–H and O–H groups in total.